The van der Waals surface area contributed by atoms with Crippen LogP contribution in [-0.2, 0) is 4.79 Å². The van der Waals surface area contributed by atoms with Crippen LogP contribution in [0, 0.1) is 11.8 Å². The highest BCUT2D eigenvalue weighted by atomic mass is 16.1. The monoisotopic (exact) mass is 240 g/mol. The zero-order valence-electron chi connectivity index (χ0n) is 11.8. The number of rotatable bonds is 5. The van der Waals surface area contributed by atoms with Gasteiger partial charge >= 0.3 is 0 Å². The van der Waals surface area contributed by atoms with Crippen molar-refractivity contribution in [1.82, 2.24) is 10.6 Å². The second-order valence-corrected chi connectivity index (χ2v) is 5.45. The van der Waals surface area contributed by atoms with E-state index in [0.717, 1.165) is 32.2 Å². The lowest BCUT2D eigenvalue weighted by Gasteiger charge is -2.30. The molecule has 17 heavy (non-hydrogen) atoms. The molecule has 3 heteroatoms. The maximum atomic E-state index is 12.2. The number of carbonyl (C=O) groups excluding carboxylic acids is 1. The van der Waals surface area contributed by atoms with E-state index in [1.165, 1.54) is 0 Å². The van der Waals surface area contributed by atoms with Gasteiger partial charge in [-0.05, 0) is 39.2 Å². The summed E-state index contributed by atoms with van der Waals surface area (Å²) in [5, 5.41) is 6.59. The topological polar surface area (TPSA) is 41.1 Å². The maximum Gasteiger partial charge on any atom is 0.223 e. The summed E-state index contributed by atoms with van der Waals surface area (Å²) in [6, 6.07) is 0.783. The SMILES string of the molecule is CCC(CC)C(C)NC(=O)C1CCNC(C)C1. The van der Waals surface area contributed by atoms with Crippen molar-refractivity contribution in [2.45, 2.75) is 65.5 Å². The van der Waals surface area contributed by atoms with Gasteiger partial charge in [0.05, 0.1) is 0 Å². The van der Waals surface area contributed by atoms with Crippen LogP contribution in [-0.4, -0.2) is 24.5 Å². The molecule has 0 aromatic rings. The van der Waals surface area contributed by atoms with E-state index in [1.54, 1.807) is 0 Å². The number of piperidine rings is 1. The van der Waals surface area contributed by atoms with Gasteiger partial charge in [0, 0.05) is 18.0 Å². The van der Waals surface area contributed by atoms with Gasteiger partial charge < -0.3 is 10.6 Å². The highest BCUT2D eigenvalue weighted by Crippen LogP contribution is 2.18. The fraction of sp³-hybridized carbons (Fsp3) is 0.929. The Morgan fingerprint density at radius 2 is 2.06 bits per heavy atom. The Kier molecular flexibility index (Phi) is 5.96. The molecule has 1 heterocycles. The van der Waals surface area contributed by atoms with E-state index in [1.807, 2.05) is 0 Å². The standard InChI is InChI=1S/C14H28N2O/c1-5-12(6-2)11(4)16-14(17)13-7-8-15-10(3)9-13/h10-13,15H,5-9H2,1-4H3,(H,16,17). The summed E-state index contributed by atoms with van der Waals surface area (Å²) in [6.07, 6.45) is 4.23. The molecule has 0 saturated carbocycles. The van der Waals surface area contributed by atoms with E-state index in [4.69, 9.17) is 0 Å². The quantitative estimate of drug-likeness (QED) is 0.774. The zero-order chi connectivity index (χ0) is 12.8. The molecule has 3 nitrogen and oxygen atoms in total. The summed E-state index contributed by atoms with van der Waals surface area (Å²) in [4.78, 5) is 12.2. The molecule has 3 atom stereocenters. The average molecular weight is 240 g/mol. The molecule has 0 aromatic carbocycles. The van der Waals surface area contributed by atoms with Crippen molar-refractivity contribution in [3.8, 4) is 0 Å². The van der Waals surface area contributed by atoms with Crippen molar-refractivity contribution >= 4 is 5.91 Å². The smallest absolute Gasteiger partial charge is 0.223 e. The van der Waals surface area contributed by atoms with Crippen molar-refractivity contribution in [1.29, 1.82) is 0 Å². The molecular formula is C14H28N2O. The van der Waals surface area contributed by atoms with Gasteiger partial charge in [0.1, 0.15) is 0 Å². The minimum Gasteiger partial charge on any atom is -0.353 e. The van der Waals surface area contributed by atoms with E-state index in [-0.39, 0.29) is 11.8 Å². The van der Waals surface area contributed by atoms with Gasteiger partial charge in [-0.1, -0.05) is 26.7 Å². The van der Waals surface area contributed by atoms with Crippen LogP contribution in [0.1, 0.15) is 53.4 Å². The first-order valence-corrected chi connectivity index (χ1v) is 7.12. The minimum atomic E-state index is 0.211. The van der Waals surface area contributed by atoms with Gasteiger partial charge in [-0.2, -0.15) is 0 Å². The van der Waals surface area contributed by atoms with Gasteiger partial charge in [0.25, 0.3) is 0 Å². The van der Waals surface area contributed by atoms with Crippen LogP contribution < -0.4 is 10.6 Å². The van der Waals surface area contributed by atoms with Crippen LogP contribution in [0.25, 0.3) is 0 Å². The fourth-order valence-corrected chi connectivity index (χ4v) is 2.83. The van der Waals surface area contributed by atoms with Crippen LogP contribution in [0.5, 0.6) is 0 Å². The predicted octanol–water partition coefficient (Wildman–Crippen LogP) is 2.32. The number of carbonyl (C=O) groups is 1. The van der Waals surface area contributed by atoms with Crippen molar-refractivity contribution in [2.75, 3.05) is 6.54 Å². The minimum absolute atomic E-state index is 0.211. The number of hydrogen-bond acceptors (Lipinski definition) is 2. The molecular weight excluding hydrogens is 212 g/mol. The lowest BCUT2D eigenvalue weighted by molar-refractivity contribution is -0.127. The lowest BCUT2D eigenvalue weighted by atomic mass is 9.90. The molecule has 0 spiro atoms. The van der Waals surface area contributed by atoms with Crippen molar-refractivity contribution < 1.29 is 4.79 Å². The summed E-state index contributed by atoms with van der Waals surface area (Å²) < 4.78 is 0. The predicted molar refractivity (Wildman–Crippen MR) is 71.9 cm³/mol. The first kappa shape index (κ1) is 14.5. The van der Waals surface area contributed by atoms with Crippen LogP contribution in [0.4, 0.5) is 0 Å². The van der Waals surface area contributed by atoms with Gasteiger partial charge in [-0.3, -0.25) is 4.79 Å². The third kappa shape index (κ3) is 4.30. The number of hydrogen-bond donors (Lipinski definition) is 2. The van der Waals surface area contributed by atoms with E-state index >= 15 is 0 Å². The Morgan fingerprint density at radius 1 is 1.41 bits per heavy atom. The normalized spacial score (nSPS) is 26.9. The van der Waals surface area contributed by atoms with E-state index in [0.29, 0.717) is 18.0 Å². The largest absolute Gasteiger partial charge is 0.353 e. The molecule has 1 rings (SSSR count). The van der Waals surface area contributed by atoms with Crippen molar-refractivity contribution in [3.05, 3.63) is 0 Å². The number of nitrogens with one attached hydrogen (secondary N) is 2. The van der Waals surface area contributed by atoms with Crippen LogP contribution in [0.15, 0.2) is 0 Å². The molecule has 2 N–H and O–H groups in total. The fourth-order valence-electron chi connectivity index (χ4n) is 2.83. The molecule has 0 bridgehead atoms. The summed E-state index contributed by atoms with van der Waals surface area (Å²) in [7, 11) is 0. The second-order valence-electron chi connectivity index (χ2n) is 5.45. The molecule has 0 aromatic heterocycles. The third-order valence-corrected chi connectivity index (χ3v) is 4.12. The van der Waals surface area contributed by atoms with Gasteiger partial charge in [0.15, 0.2) is 0 Å². The second kappa shape index (κ2) is 7.00. The van der Waals surface area contributed by atoms with Crippen molar-refractivity contribution in [2.24, 2.45) is 11.8 Å². The third-order valence-electron chi connectivity index (χ3n) is 4.12. The van der Waals surface area contributed by atoms with E-state index in [9.17, 15) is 4.79 Å². The maximum absolute atomic E-state index is 12.2. The molecule has 1 saturated heterocycles. The molecule has 1 fully saturated rings. The summed E-state index contributed by atoms with van der Waals surface area (Å²) in [5.74, 6) is 1.08. The van der Waals surface area contributed by atoms with Crippen LogP contribution in [0.2, 0.25) is 0 Å². The molecule has 0 aliphatic carbocycles. The Balaban J connectivity index is 2.42. The Hall–Kier alpha value is -0.570. The average Bonchev–Trinajstić information content (AvgIpc) is 2.30. The Labute approximate surface area is 106 Å². The van der Waals surface area contributed by atoms with E-state index < -0.39 is 0 Å². The van der Waals surface area contributed by atoms with Crippen molar-refractivity contribution in [3.63, 3.8) is 0 Å². The summed E-state index contributed by atoms with van der Waals surface area (Å²) in [5.41, 5.74) is 0. The zero-order valence-corrected chi connectivity index (χ0v) is 11.8. The number of amides is 1. The molecule has 100 valence electrons. The first-order chi connectivity index (χ1) is 8.08. The highest BCUT2D eigenvalue weighted by Gasteiger charge is 2.26. The Morgan fingerprint density at radius 3 is 2.59 bits per heavy atom. The summed E-state index contributed by atoms with van der Waals surface area (Å²) in [6.45, 7) is 9.66. The molecule has 1 aliphatic heterocycles. The molecule has 3 unspecified atom stereocenters. The highest BCUT2D eigenvalue weighted by molar-refractivity contribution is 5.79. The Bertz CT molecular complexity index is 238. The first-order valence-electron chi connectivity index (χ1n) is 7.12. The van der Waals surface area contributed by atoms with Gasteiger partial charge in [-0.25, -0.2) is 0 Å². The van der Waals surface area contributed by atoms with Gasteiger partial charge in [0.2, 0.25) is 5.91 Å². The van der Waals surface area contributed by atoms with E-state index in [2.05, 4.69) is 38.3 Å². The van der Waals surface area contributed by atoms with Crippen LogP contribution in [0.3, 0.4) is 0 Å². The lowest BCUT2D eigenvalue weighted by Crippen LogP contribution is -2.46. The molecule has 1 aliphatic rings. The molecule has 1 amide bonds. The van der Waals surface area contributed by atoms with Crippen LogP contribution >= 0.6 is 0 Å². The molecule has 0 radical (unpaired) electrons. The summed E-state index contributed by atoms with van der Waals surface area (Å²) >= 11 is 0. The van der Waals surface area contributed by atoms with Gasteiger partial charge in [-0.15, -0.1) is 0 Å².